The standard InChI is InChI=1S/C11H10F3N3O3/c12-8-2-1-6(17(18)19)3-7(8)11(10(13)14)5-20-4-9(15)16-11/h1-3,10H,4-5H2,(H2,15,16)/t11-/m0/s1. The van der Waals surface area contributed by atoms with Gasteiger partial charge >= 0.3 is 0 Å². The third-order valence-corrected chi connectivity index (χ3v) is 2.90. The molecule has 1 atom stereocenters. The lowest BCUT2D eigenvalue weighted by Gasteiger charge is -2.32. The molecule has 0 saturated heterocycles. The molecule has 2 rings (SSSR count). The zero-order chi connectivity index (χ0) is 14.9. The van der Waals surface area contributed by atoms with E-state index >= 15 is 0 Å². The van der Waals surface area contributed by atoms with Crippen molar-refractivity contribution in [2.24, 2.45) is 10.7 Å². The van der Waals surface area contributed by atoms with E-state index in [-0.39, 0.29) is 12.4 Å². The number of aliphatic imine (C=N–C) groups is 1. The molecule has 0 fully saturated rings. The Morgan fingerprint density at radius 1 is 1.50 bits per heavy atom. The first-order valence-corrected chi connectivity index (χ1v) is 5.51. The maximum atomic E-state index is 13.8. The molecule has 0 bridgehead atoms. The fourth-order valence-electron chi connectivity index (χ4n) is 1.96. The van der Waals surface area contributed by atoms with Gasteiger partial charge in [0.2, 0.25) is 0 Å². The van der Waals surface area contributed by atoms with E-state index < -0.39 is 40.6 Å². The minimum atomic E-state index is -3.13. The Hall–Kier alpha value is -2.16. The van der Waals surface area contributed by atoms with Gasteiger partial charge in [-0.05, 0) is 6.07 Å². The number of benzene rings is 1. The van der Waals surface area contributed by atoms with Crippen LogP contribution in [0, 0.1) is 15.9 Å². The van der Waals surface area contributed by atoms with Gasteiger partial charge in [-0.15, -0.1) is 0 Å². The van der Waals surface area contributed by atoms with Gasteiger partial charge in [-0.25, -0.2) is 13.2 Å². The van der Waals surface area contributed by atoms with Crippen LogP contribution in [0.5, 0.6) is 0 Å². The number of ether oxygens (including phenoxy) is 1. The molecule has 0 unspecified atom stereocenters. The van der Waals surface area contributed by atoms with Gasteiger partial charge in [-0.1, -0.05) is 0 Å². The summed E-state index contributed by atoms with van der Waals surface area (Å²) in [5, 5.41) is 10.7. The second-order valence-corrected chi connectivity index (χ2v) is 4.24. The topological polar surface area (TPSA) is 90.8 Å². The second kappa shape index (κ2) is 5.08. The molecule has 0 radical (unpaired) electrons. The fraction of sp³-hybridized carbons (Fsp3) is 0.364. The molecule has 6 nitrogen and oxygen atoms in total. The van der Waals surface area contributed by atoms with E-state index in [4.69, 9.17) is 10.5 Å². The molecule has 0 aromatic heterocycles. The van der Waals surface area contributed by atoms with Gasteiger partial charge in [0.1, 0.15) is 18.3 Å². The summed E-state index contributed by atoms with van der Waals surface area (Å²) in [6.07, 6.45) is -3.13. The van der Waals surface area contributed by atoms with Crippen LogP contribution in [0.1, 0.15) is 5.56 Å². The van der Waals surface area contributed by atoms with Crippen molar-refractivity contribution in [2.45, 2.75) is 12.0 Å². The number of hydrogen-bond donors (Lipinski definition) is 1. The van der Waals surface area contributed by atoms with E-state index in [0.717, 1.165) is 18.2 Å². The van der Waals surface area contributed by atoms with Gasteiger partial charge in [-0.3, -0.25) is 15.1 Å². The molecule has 9 heteroatoms. The minimum Gasteiger partial charge on any atom is -0.385 e. The van der Waals surface area contributed by atoms with Crippen LogP contribution in [0.3, 0.4) is 0 Å². The van der Waals surface area contributed by atoms with E-state index in [0.29, 0.717) is 0 Å². The van der Waals surface area contributed by atoms with Crippen molar-refractivity contribution in [1.82, 2.24) is 0 Å². The van der Waals surface area contributed by atoms with Gasteiger partial charge in [0.25, 0.3) is 12.1 Å². The fourth-order valence-corrected chi connectivity index (χ4v) is 1.96. The smallest absolute Gasteiger partial charge is 0.270 e. The van der Waals surface area contributed by atoms with Crippen molar-refractivity contribution in [3.63, 3.8) is 0 Å². The maximum Gasteiger partial charge on any atom is 0.270 e. The van der Waals surface area contributed by atoms with E-state index in [2.05, 4.69) is 4.99 Å². The third kappa shape index (κ3) is 2.31. The number of non-ortho nitro benzene ring substituents is 1. The van der Waals surface area contributed by atoms with Gasteiger partial charge in [0, 0.05) is 17.7 Å². The number of nitro groups is 1. The summed E-state index contributed by atoms with van der Waals surface area (Å²) < 4.78 is 45.5. The molecule has 0 saturated carbocycles. The average Bonchev–Trinajstić information content (AvgIpc) is 2.38. The molecule has 0 amide bonds. The van der Waals surface area contributed by atoms with Crippen molar-refractivity contribution in [3.8, 4) is 0 Å². The molecule has 1 aromatic carbocycles. The van der Waals surface area contributed by atoms with Crippen molar-refractivity contribution in [2.75, 3.05) is 13.2 Å². The Morgan fingerprint density at radius 2 is 2.20 bits per heavy atom. The van der Waals surface area contributed by atoms with Crippen LogP contribution < -0.4 is 5.73 Å². The van der Waals surface area contributed by atoms with Gasteiger partial charge in [0.15, 0.2) is 5.54 Å². The normalized spacial score (nSPS) is 22.7. The maximum absolute atomic E-state index is 13.8. The van der Waals surface area contributed by atoms with Crippen LogP contribution in [-0.4, -0.2) is 30.4 Å². The first-order valence-electron chi connectivity index (χ1n) is 5.51. The number of halogens is 3. The van der Waals surface area contributed by atoms with E-state index in [1.165, 1.54) is 0 Å². The van der Waals surface area contributed by atoms with Crippen LogP contribution in [-0.2, 0) is 10.3 Å². The number of amidine groups is 1. The first kappa shape index (κ1) is 14.3. The number of nitrogens with zero attached hydrogens (tertiary/aromatic N) is 2. The first-order chi connectivity index (χ1) is 9.36. The molecule has 0 aliphatic carbocycles. The quantitative estimate of drug-likeness (QED) is 0.675. The average molecular weight is 289 g/mol. The largest absolute Gasteiger partial charge is 0.385 e. The summed E-state index contributed by atoms with van der Waals surface area (Å²) in [6.45, 7) is -0.755. The van der Waals surface area contributed by atoms with Crippen LogP contribution in [0.15, 0.2) is 23.2 Å². The summed E-state index contributed by atoms with van der Waals surface area (Å²) in [7, 11) is 0. The summed E-state index contributed by atoms with van der Waals surface area (Å²) in [5.41, 5.74) is 1.89. The summed E-state index contributed by atoms with van der Waals surface area (Å²) in [6, 6.07) is 2.36. The highest BCUT2D eigenvalue weighted by Crippen LogP contribution is 2.38. The number of rotatable bonds is 3. The lowest BCUT2D eigenvalue weighted by Crippen LogP contribution is -2.45. The highest BCUT2D eigenvalue weighted by molar-refractivity contribution is 5.82. The molecule has 1 aliphatic heterocycles. The molecule has 1 heterocycles. The highest BCUT2D eigenvalue weighted by atomic mass is 19.3. The lowest BCUT2D eigenvalue weighted by molar-refractivity contribution is -0.385. The van der Waals surface area contributed by atoms with Crippen molar-refractivity contribution < 1.29 is 22.8 Å². The van der Waals surface area contributed by atoms with Gasteiger partial charge < -0.3 is 10.5 Å². The zero-order valence-corrected chi connectivity index (χ0v) is 10.1. The number of nitrogens with two attached hydrogens (primary N) is 1. The predicted molar refractivity (Wildman–Crippen MR) is 63.2 cm³/mol. The molecular weight excluding hydrogens is 279 g/mol. The van der Waals surface area contributed by atoms with Crippen molar-refractivity contribution >= 4 is 11.5 Å². The van der Waals surface area contributed by atoms with Gasteiger partial charge in [-0.2, -0.15) is 0 Å². The molecule has 1 aliphatic rings. The summed E-state index contributed by atoms with van der Waals surface area (Å²) in [5.74, 6) is -1.25. The number of hydrogen-bond acceptors (Lipinski definition) is 5. The van der Waals surface area contributed by atoms with Crippen LogP contribution in [0.4, 0.5) is 18.9 Å². The van der Waals surface area contributed by atoms with Gasteiger partial charge in [0.05, 0.1) is 11.5 Å². The zero-order valence-electron chi connectivity index (χ0n) is 10.1. The van der Waals surface area contributed by atoms with Crippen molar-refractivity contribution in [3.05, 3.63) is 39.7 Å². The molecular formula is C11H10F3N3O3. The van der Waals surface area contributed by atoms with E-state index in [1.807, 2.05) is 0 Å². The number of alkyl halides is 2. The van der Waals surface area contributed by atoms with Crippen molar-refractivity contribution in [1.29, 1.82) is 0 Å². The van der Waals surface area contributed by atoms with Crippen LogP contribution >= 0.6 is 0 Å². The molecule has 20 heavy (non-hydrogen) atoms. The monoisotopic (exact) mass is 289 g/mol. The van der Waals surface area contributed by atoms with E-state index in [9.17, 15) is 23.3 Å². The predicted octanol–water partition coefficient (Wildman–Crippen LogP) is 1.58. The lowest BCUT2D eigenvalue weighted by atomic mass is 9.90. The molecule has 1 aromatic rings. The molecule has 2 N–H and O–H groups in total. The minimum absolute atomic E-state index is 0.148. The Labute approximate surface area is 111 Å². The summed E-state index contributed by atoms with van der Waals surface area (Å²) >= 11 is 0. The highest BCUT2D eigenvalue weighted by Gasteiger charge is 2.46. The van der Waals surface area contributed by atoms with Crippen LogP contribution in [0.2, 0.25) is 0 Å². The van der Waals surface area contributed by atoms with E-state index in [1.54, 1.807) is 0 Å². The Kier molecular flexibility index (Phi) is 3.62. The summed E-state index contributed by atoms with van der Waals surface area (Å²) in [4.78, 5) is 13.5. The number of nitro benzene ring substituents is 1. The second-order valence-electron chi connectivity index (χ2n) is 4.24. The Bertz CT molecular complexity index is 579. The third-order valence-electron chi connectivity index (χ3n) is 2.90. The SMILES string of the molecule is NC1=N[C@@](c2cc([N+](=O)[O-])ccc2F)(C(F)F)COC1. The molecule has 0 spiro atoms. The molecule has 108 valence electrons. The Morgan fingerprint density at radius 3 is 2.75 bits per heavy atom. The van der Waals surface area contributed by atoms with Crippen LogP contribution in [0.25, 0.3) is 0 Å². The Balaban J connectivity index is 2.64.